The number of carboxylic acid groups (broad SMARTS) is 1. The molecule has 0 radical (unpaired) electrons. The Balaban J connectivity index is 2.17. The zero-order chi connectivity index (χ0) is 13.3. The second kappa shape index (κ2) is 4.80. The highest BCUT2D eigenvalue weighted by Crippen LogP contribution is 2.33. The average Bonchev–Trinajstić information content (AvgIpc) is 2.30. The van der Waals surface area contributed by atoms with E-state index >= 15 is 0 Å². The Bertz CT molecular complexity index is 463. The highest BCUT2D eigenvalue weighted by Gasteiger charge is 2.31. The van der Waals surface area contributed by atoms with Gasteiger partial charge in [-0.05, 0) is 30.9 Å². The Morgan fingerprint density at radius 1 is 1.56 bits per heavy atom. The Morgan fingerprint density at radius 3 is 2.83 bits per heavy atom. The minimum atomic E-state index is -0.847. The van der Waals surface area contributed by atoms with Gasteiger partial charge < -0.3 is 15.7 Å². The lowest BCUT2D eigenvalue weighted by atomic mass is 9.83. The van der Waals surface area contributed by atoms with E-state index in [1.807, 2.05) is 13.0 Å². The van der Waals surface area contributed by atoms with Gasteiger partial charge in [0.25, 0.3) is 0 Å². The molecule has 0 unspecified atom stereocenters. The SMILES string of the molecule is Cc1cc(N)nnc1[C@@H]1CCN(C(=O)O)C[C@@H]1C. The standard InChI is InChI=1S/C12H18N4O2/c1-7-5-10(13)14-15-11(7)9-3-4-16(12(17)18)6-8(9)2/h5,8-9H,3-4,6H2,1-2H3,(H2,13,14)(H,17,18)/t8-,9+/m0/s1. The van der Waals surface area contributed by atoms with Crippen LogP contribution in [0.3, 0.4) is 0 Å². The lowest BCUT2D eigenvalue weighted by molar-refractivity contribution is 0.115. The van der Waals surface area contributed by atoms with Crippen molar-refractivity contribution < 1.29 is 9.90 Å². The fraction of sp³-hybridized carbons (Fsp3) is 0.583. The van der Waals surface area contributed by atoms with Crippen molar-refractivity contribution in [3.05, 3.63) is 17.3 Å². The van der Waals surface area contributed by atoms with E-state index in [0.717, 1.165) is 17.7 Å². The van der Waals surface area contributed by atoms with E-state index in [4.69, 9.17) is 10.8 Å². The van der Waals surface area contributed by atoms with Gasteiger partial charge in [-0.3, -0.25) is 0 Å². The number of nitrogen functional groups attached to an aromatic ring is 1. The van der Waals surface area contributed by atoms with Gasteiger partial charge in [-0.15, -0.1) is 5.10 Å². The van der Waals surface area contributed by atoms with Crippen LogP contribution in [0.15, 0.2) is 6.07 Å². The van der Waals surface area contributed by atoms with Gasteiger partial charge in [-0.1, -0.05) is 6.92 Å². The third kappa shape index (κ3) is 2.37. The number of hydrogen-bond donors (Lipinski definition) is 2. The molecule has 0 bridgehead atoms. The third-order valence-electron chi connectivity index (χ3n) is 3.57. The minimum absolute atomic E-state index is 0.242. The summed E-state index contributed by atoms with van der Waals surface area (Å²) < 4.78 is 0. The van der Waals surface area contributed by atoms with Crippen LogP contribution in [0.5, 0.6) is 0 Å². The first kappa shape index (κ1) is 12.6. The molecule has 1 amide bonds. The number of amides is 1. The van der Waals surface area contributed by atoms with Crippen molar-refractivity contribution in [1.29, 1.82) is 0 Å². The maximum Gasteiger partial charge on any atom is 0.407 e. The second-order valence-electron chi connectivity index (χ2n) is 4.94. The van der Waals surface area contributed by atoms with Gasteiger partial charge in [-0.2, -0.15) is 5.10 Å². The Hall–Kier alpha value is -1.85. The quantitative estimate of drug-likeness (QED) is 0.787. The topological polar surface area (TPSA) is 92.3 Å². The van der Waals surface area contributed by atoms with Gasteiger partial charge in [0.05, 0.1) is 5.69 Å². The summed E-state index contributed by atoms with van der Waals surface area (Å²) >= 11 is 0. The molecule has 6 heteroatoms. The largest absolute Gasteiger partial charge is 0.465 e. The van der Waals surface area contributed by atoms with Crippen LogP contribution in [0.2, 0.25) is 0 Å². The Labute approximate surface area is 106 Å². The molecule has 1 saturated heterocycles. The van der Waals surface area contributed by atoms with Gasteiger partial charge in [0.1, 0.15) is 5.82 Å². The monoisotopic (exact) mass is 250 g/mol. The number of likely N-dealkylation sites (tertiary alicyclic amines) is 1. The Kier molecular flexibility index (Phi) is 3.36. The van der Waals surface area contributed by atoms with Gasteiger partial charge >= 0.3 is 6.09 Å². The molecule has 18 heavy (non-hydrogen) atoms. The lowest BCUT2D eigenvalue weighted by Crippen LogP contribution is -2.41. The number of aryl methyl sites for hydroxylation is 1. The molecule has 1 aliphatic rings. The fourth-order valence-electron chi connectivity index (χ4n) is 2.61. The van der Waals surface area contributed by atoms with Crippen molar-refractivity contribution in [1.82, 2.24) is 15.1 Å². The molecule has 0 aliphatic carbocycles. The number of piperidine rings is 1. The lowest BCUT2D eigenvalue weighted by Gasteiger charge is -2.35. The molecular formula is C12H18N4O2. The van der Waals surface area contributed by atoms with Crippen molar-refractivity contribution in [2.45, 2.75) is 26.2 Å². The first-order chi connectivity index (χ1) is 8.49. The zero-order valence-corrected chi connectivity index (χ0v) is 10.6. The average molecular weight is 250 g/mol. The fourth-order valence-corrected chi connectivity index (χ4v) is 2.61. The summed E-state index contributed by atoms with van der Waals surface area (Å²) in [6, 6.07) is 1.82. The van der Waals surface area contributed by atoms with Crippen molar-refractivity contribution >= 4 is 11.9 Å². The molecule has 1 aliphatic heterocycles. The molecule has 98 valence electrons. The highest BCUT2D eigenvalue weighted by molar-refractivity contribution is 5.65. The van der Waals surface area contributed by atoms with Gasteiger partial charge in [0.2, 0.25) is 0 Å². The molecule has 3 N–H and O–H groups in total. The number of hydrogen-bond acceptors (Lipinski definition) is 4. The molecule has 2 atom stereocenters. The Morgan fingerprint density at radius 2 is 2.28 bits per heavy atom. The summed E-state index contributed by atoms with van der Waals surface area (Å²) in [7, 11) is 0. The number of carbonyl (C=O) groups is 1. The smallest absolute Gasteiger partial charge is 0.407 e. The maximum absolute atomic E-state index is 10.9. The van der Waals surface area contributed by atoms with Gasteiger partial charge in [0.15, 0.2) is 0 Å². The molecule has 1 aromatic rings. The summed E-state index contributed by atoms with van der Waals surface area (Å²) in [6.45, 7) is 5.12. The summed E-state index contributed by atoms with van der Waals surface area (Å²) in [4.78, 5) is 12.4. The van der Waals surface area contributed by atoms with E-state index in [9.17, 15) is 4.79 Å². The zero-order valence-electron chi connectivity index (χ0n) is 10.6. The van der Waals surface area contributed by atoms with Crippen LogP contribution in [0.25, 0.3) is 0 Å². The van der Waals surface area contributed by atoms with Crippen LogP contribution in [0.1, 0.15) is 30.5 Å². The molecule has 2 rings (SSSR count). The van der Waals surface area contributed by atoms with Crippen molar-refractivity contribution in [3.8, 4) is 0 Å². The van der Waals surface area contributed by atoms with Crippen LogP contribution >= 0.6 is 0 Å². The van der Waals surface area contributed by atoms with E-state index in [2.05, 4.69) is 17.1 Å². The van der Waals surface area contributed by atoms with Gasteiger partial charge in [0, 0.05) is 19.0 Å². The molecule has 0 saturated carbocycles. The molecular weight excluding hydrogens is 232 g/mol. The molecule has 0 aromatic carbocycles. The molecule has 1 fully saturated rings. The van der Waals surface area contributed by atoms with Gasteiger partial charge in [-0.25, -0.2) is 4.79 Å². The summed E-state index contributed by atoms with van der Waals surface area (Å²) in [5.41, 5.74) is 7.57. The molecule has 0 spiro atoms. The number of nitrogens with zero attached hydrogens (tertiary/aromatic N) is 3. The van der Waals surface area contributed by atoms with E-state index in [0.29, 0.717) is 18.9 Å². The van der Waals surface area contributed by atoms with E-state index < -0.39 is 6.09 Å². The highest BCUT2D eigenvalue weighted by atomic mass is 16.4. The number of aromatic nitrogens is 2. The second-order valence-corrected chi connectivity index (χ2v) is 4.94. The predicted molar refractivity (Wildman–Crippen MR) is 67.3 cm³/mol. The van der Waals surface area contributed by atoms with E-state index in [1.54, 1.807) is 0 Å². The van der Waals surface area contributed by atoms with E-state index in [-0.39, 0.29) is 11.8 Å². The molecule has 2 heterocycles. The van der Waals surface area contributed by atoms with Crippen LogP contribution in [0, 0.1) is 12.8 Å². The van der Waals surface area contributed by atoms with Crippen molar-refractivity contribution in [2.75, 3.05) is 18.8 Å². The van der Waals surface area contributed by atoms with Crippen LogP contribution in [-0.4, -0.2) is 39.4 Å². The van der Waals surface area contributed by atoms with Crippen molar-refractivity contribution in [2.24, 2.45) is 5.92 Å². The maximum atomic E-state index is 10.9. The number of nitrogens with two attached hydrogens (primary N) is 1. The predicted octanol–water partition coefficient (Wildman–Crippen LogP) is 1.47. The number of rotatable bonds is 1. The first-order valence-electron chi connectivity index (χ1n) is 6.06. The van der Waals surface area contributed by atoms with E-state index in [1.165, 1.54) is 4.90 Å². The van der Waals surface area contributed by atoms with Crippen LogP contribution in [-0.2, 0) is 0 Å². The normalized spacial score (nSPS) is 24.0. The summed E-state index contributed by atoms with van der Waals surface area (Å²) in [5.74, 6) is 0.923. The summed E-state index contributed by atoms with van der Waals surface area (Å²) in [6.07, 6.45) is -0.0622. The minimum Gasteiger partial charge on any atom is -0.465 e. The van der Waals surface area contributed by atoms with Crippen molar-refractivity contribution in [3.63, 3.8) is 0 Å². The first-order valence-corrected chi connectivity index (χ1v) is 6.06. The molecule has 1 aromatic heterocycles. The van der Waals surface area contributed by atoms with Crippen LogP contribution < -0.4 is 5.73 Å². The number of anilines is 1. The summed E-state index contributed by atoms with van der Waals surface area (Å²) in [5, 5.41) is 17.1. The third-order valence-corrected chi connectivity index (χ3v) is 3.57. The molecule has 6 nitrogen and oxygen atoms in total. The van der Waals surface area contributed by atoms with Crippen LogP contribution in [0.4, 0.5) is 10.6 Å².